The first kappa shape index (κ1) is 13.6. The summed E-state index contributed by atoms with van der Waals surface area (Å²) in [6.07, 6.45) is 3.20. The Hall–Kier alpha value is -1.87. The zero-order valence-corrected chi connectivity index (χ0v) is 11.5. The fraction of sp³-hybridized carbons (Fsp3) is 0.615. The van der Waals surface area contributed by atoms with Crippen LogP contribution in [0.4, 0.5) is 11.6 Å². The number of hydrogen-bond donors (Lipinski definition) is 1. The number of hydrogen-bond acceptors (Lipinski definition) is 6. The zero-order valence-electron chi connectivity index (χ0n) is 11.5. The average Bonchev–Trinajstić information content (AvgIpc) is 2.85. The van der Waals surface area contributed by atoms with Crippen molar-refractivity contribution in [2.75, 3.05) is 43.9 Å². The third-order valence-electron chi connectivity index (χ3n) is 3.47. The summed E-state index contributed by atoms with van der Waals surface area (Å²) in [5.41, 5.74) is 0. The molecule has 0 bridgehead atoms. The van der Waals surface area contributed by atoms with E-state index in [4.69, 9.17) is 5.26 Å². The molecule has 0 aliphatic carbocycles. The smallest absolute Gasteiger partial charge is 0.134 e. The van der Waals surface area contributed by atoms with Gasteiger partial charge >= 0.3 is 0 Å². The van der Waals surface area contributed by atoms with Crippen molar-refractivity contribution in [3.05, 3.63) is 12.4 Å². The van der Waals surface area contributed by atoms with E-state index in [2.05, 4.69) is 45.2 Å². The second-order valence-corrected chi connectivity index (χ2v) is 4.91. The highest BCUT2D eigenvalue weighted by atomic mass is 15.3. The van der Waals surface area contributed by atoms with Crippen LogP contribution in [0.3, 0.4) is 0 Å². The molecular weight excluding hydrogens is 240 g/mol. The summed E-state index contributed by atoms with van der Waals surface area (Å²) >= 11 is 0. The lowest BCUT2D eigenvalue weighted by atomic mass is 10.2. The molecule has 1 aromatic heterocycles. The van der Waals surface area contributed by atoms with Gasteiger partial charge in [0.2, 0.25) is 0 Å². The quantitative estimate of drug-likeness (QED) is 0.795. The summed E-state index contributed by atoms with van der Waals surface area (Å²) in [6.45, 7) is 2.81. The van der Waals surface area contributed by atoms with E-state index in [1.165, 1.54) is 0 Å². The molecule has 0 saturated carbocycles. The van der Waals surface area contributed by atoms with Gasteiger partial charge in [-0.2, -0.15) is 5.26 Å². The van der Waals surface area contributed by atoms with Crippen molar-refractivity contribution >= 4 is 11.6 Å². The molecule has 102 valence electrons. The van der Waals surface area contributed by atoms with Crippen LogP contribution in [0, 0.1) is 11.3 Å². The Morgan fingerprint density at radius 3 is 3.11 bits per heavy atom. The third-order valence-corrected chi connectivity index (χ3v) is 3.47. The first-order valence-corrected chi connectivity index (χ1v) is 6.55. The molecule has 1 saturated heterocycles. The predicted molar refractivity (Wildman–Crippen MR) is 75.1 cm³/mol. The minimum absolute atomic E-state index is 0.475. The van der Waals surface area contributed by atoms with Crippen LogP contribution in [0.15, 0.2) is 12.4 Å². The third kappa shape index (κ3) is 3.55. The fourth-order valence-electron chi connectivity index (χ4n) is 2.30. The van der Waals surface area contributed by atoms with Crippen molar-refractivity contribution in [1.82, 2.24) is 14.9 Å². The Kier molecular flexibility index (Phi) is 4.53. The molecule has 2 rings (SSSR count). The highest BCUT2D eigenvalue weighted by molar-refractivity contribution is 5.48. The van der Waals surface area contributed by atoms with Crippen LogP contribution >= 0.6 is 0 Å². The predicted octanol–water partition coefficient (Wildman–Crippen LogP) is 0.942. The van der Waals surface area contributed by atoms with Gasteiger partial charge in [0.1, 0.15) is 18.0 Å². The van der Waals surface area contributed by atoms with E-state index >= 15 is 0 Å². The van der Waals surface area contributed by atoms with E-state index in [0.29, 0.717) is 19.0 Å². The van der Waals surface area contributed by atoms with Crippen molar-refractivity contribution in [2.24, 2.45) is 0 Å². The molecule has 0 amide bonds. The fourth-order valence-corrected chi connectivity index (χ4v) is 2.30. The molecule has 1 fully saturated rings. The van der Waals surface area contributed by atoms with E-state index in [1.807, 2.05) is 6.07 Å². The number of nitrogens with one attached hydrogen (secondary N) is 1. The van der Waals surface area contributed by atoms with Crippen LogP contribution in [0.2, 0.25) is 0 Å². The maximum Gasteiger partial charge on any atom is 0.134 e. The van der Waals surface area contributed by atoms with Gasteiger partial charge in [-0.15, -0.1) is 0 Å². The highest BCUT2D eigenvalue weighted by Gasteiger charge is 2.24. The molecule has 1 aliphatic rings. The number of likely N-dealkylation sites (tertiary alicyclic amines) is 1. The standard InChI is InChI=1S/C13H20N6/c1-18-7-4-11(9-18)19(2)13-8-12(16-10-17-13)15-6-3-5-14/h8,10-11H,3-4,6-7,9H2,1-2H3,(H,15,16,17). The first-order chi connectivity index (χ1) is 9.20. The van der Waals surface area contributed by atoms with Gasteiger partial charge in [-0.1, -0.05) is 0 Å². The van der Waals surface area contributed by atoms with Gasteiger partial charge in [0.25, 0.3) is 0 Å². The van der Waals surface area contributed by atoms with Gasteiger partial charge in [-0.25, -0.2) is 9.97 Å². The van der Waals surface area contributed by atoms with Crippen LogP contribution in [0.5, 0.6) is 0 Å². The molecule has 0 radical (unpaired) electrons. The Labute approximate surface area is 114 Å². The van der Waals surface area contributed by atoms with E-state index in [0.717, 1.165) is 31.1 Å². The Morgan fingerprint density at radius 2 is 2.42 bits per heavy atom. The Bertz CT molecular complexity index is 455. The molecule has 1 atom stereocenters. The molecule has 0 spiro atoms. The lowest BCUT2D eigenvalue weighted by Crippen LogP contribution is -2.34. The number of aromatic nitrogens is 2. The Morgan fingerprint density at radius 1 is 1.58 bits per heavy atom. The van der Waals surface area contributed by atoms with E-state index in [9.17, 15) is 0 Å². The molecule has 1 aromatic rings. The Balaban J connectivity index is 1.99. The minimum atomic E-state index is 0.475. The normalized spacial score (nSPS) is 19.1. The summed E-state index contributed by atoms with van der Waals surface area (Å²) < 4.78 is 0. The number of nitriles is 1. The van der Waals surface area contributed by atoms with Gasteiger partial charge < -0.3 is 15.1 Å². The zero-order chi connectivity index (χ0) is 13.7. The molecule has 2 heterocycles. The van der Waals surface area contributed by atoms with Gasteiger partial charge in [-0.3, -0.25) is 0 Å². The summed E-state index contributed by atoms with van der Waals surface area (Å²) in [6, 6.07) is 4.55. The van der Waals surface area contributed by atoms with Gasteiger partial charge in [-0.05, 0) is 20.0 Å². The molecule has 19 heavy (non-hydrogen) atoms. The van der Waals surface area contributed by atoms with Gasteiger partial charge in [0.15, 0.2) is 0 Å². The molecule has 1 unspecified atom stereocenters. The number of nitrogens with zero attached hydrogens (tertiary/aromatic N) is 5. The lowest BCUT2D eigenvalue weighted by Gasteiger charge is -2.25. The van der Waals surface area contributed by atoms with Crippen LogP contribution in [0.1, 0.15) is 12.8 Å². The summed E-state index contributed by atoms with van der Waals surface area (Å²) in [4.78, 5) is 13.0. The van der Waals surface area contributed by atoms with Crippen molar-refractivity contribution < 1.29 is 0 Å². The maximum absolute atomic E-state index is 8.52. The maximum atomic E-state index is 8.52. The van der Waals surface area contributed by atoms with E-state index in [-0.39, 0.29) is 0 Å². The number of rotatable bonds is 5. The molecule has 0 aromatic carbocycles. The monoisotopic (exact) mass is 260 g/mol. The van der Waals surface area contributed by atoms with Crippen LogP contribution in [-0.2, 0) is 0 Å². The molecule has 6 heteroatoms. The van der Waals surface area contributed by atoms with Crippen molar-refractivity contribution in [3.63, 3.8) is 0 Å². The van der Waals surface area contributed by atoms with Crippen molar-refractivity contribution in [2.45, 2.75) is 18.9 Å². The SMILES string of the molecule is CN1CCC(N(C)c2cc(NCCC#N)ncn2)C1. The number of anilines is 2. The summed E-state index contributed by atoms with van der Waals surface area (Å²) in [5, 5.41) is 11.6. The van der Waals surface area contributed by atoms with Gasteiger partial charge in [0, 0.05) is 32.2 Å². The van der Waals surface area contributed by atoms with Crippen molar-refractivity contribution in [3.8, 4) is 6.07 Å². The second kappa shape index (κ2) is 6.34. The first-order valence-electron chi connectivity index (χ1n) is 6.55. The second-order valence-electron chi connectivity index (χ2n) is 4.91. The van der Waals surface area contributed by atoms with Crippen LogP contribution in [0.25, 0.3) is 0 Å². The summed E-state index contributed by atoms with van der Waals surface area (Å²) in [5.74, 6) is 1.70. The van der Waals surface area contributed by atoms with Crippen molar-refractivity contribution in [1.29, 1.82) is 5.26 Å². The van der Waals surface area contributed by atoms with Gasteiger partial charge in [0.05, 0.1) is 12.5 Å². The van der Waals surface area contributed by atoms with Crippen LogP contribution < -0.4 is 10.2 Å². The van der Waals surface area contributed by atoms with E-state index < -0.39 is 0 Å². The molecule has 1 N–H and O–H groups in total. The van der Waals surface area contributed by atoms with Crippen LogP contribution in [-0.4, -0.2) is 54.6 Å². The van der Waals surface area contributed by atoms with E-state index in [1.54, 1.807) is 6.33 Å². The number of likely N-dealkylation sites (N-methyl/N-ethyl adjacent to an activating group) is 2. The molecule has 1 aliphatic heterocycles. The highest BCUT2D eigenvalue weighted by Crippen LogP contribution is 2.20. The molecular formula is C13H20N6. The lowest BCUT2D eigenvalue weighted by molar-refractivity contribution is 0.409. The topological polar surface area (TPSA) is 68.1 Å². The minimum Gasteiger partial charge on any atom is -0.369 e. The largest absolute Gasteiger partial charge is 0.369 e. The molecule has 6 nitrogen and oxygen atoms in total. The average molecular weight is 260 g/mol. The summed E-state index contributed by atoms with van der Waals surface area (Å²) in [7, 11) is 4.22.